The molecule has 1 amide bonds. The summed E-state index contributed by atoms with van der Waals surface area (Å²) in [4.78, 5) is 13.1. The lowest BCUT2D eigenvalue weighted by molar-refractivity contribution is -0.130. The molecule has 1 rings (SSSR count). The third-order valence-electron chi connectivity index (χ3n) is 2.23. The van der Waals surface area contributed by atoms with Crippen LogP contribution in [-0.2, 0) is 9.53 Å². The highest BCUT2D eigenvalue weighted by atomic mass is 16.5. The lowest BCUT2D eigenvalue weighted by Crippen LogP contribution is -2.37. The first-order valence-corrected chi connectivity index (χ1v) is 4.28. The van der Waals surface area contributed by atoms with Crippen LogP contribution >= 0.6 is 0 Å². The summed E-state index contributed by atoms with van der Waals surface area (Å²) in [5.41, 5.74) is 0. The standard InChI is InChI=1S/C8H14BNO2/c1-12-6-7-3-2-4-10(7)8(11)5-9/h7H,2-6H2,1H3. The van der Waals surface area contributed by atoms with E-state index in [1.807, 2.05) is 4.90 Å². The van der Waals surface area contributed by atoms with Crippen LogP contribution < -0.4 is 0 Å². The van der Waals surface area contributed by atoms with Gasteiger partial charge in [-0.15, -0.1) is 0 Å². The van der Waals surface area contributed by atoms with Crippen molar-refractivity contribution in [2.45, 2.75) is 25.2 Å². The van der Waals surface area contributed by atoms with Gasteiger partial charge in [-0.2, -0.15) is 0 Å². The Balaban J connectivity index is 2.45. The molecular weight excluding hydrogens is 153 g/mol. The van der Waals surface area contributed by atoms with Crippen molar-refractivity contribution in [2.24, 2.45) is 0 Å². The van der Waals surface area contributed by atoms with Crippen LogP contribution in [0, 0.1) is 0 Å². The second-order valence-corrected chi connectivity index (χ2v) is 3.04. The van der Waals surface area contributed by atoms with Crippen molar-refractivity contribution in [3.05, 3.63) is 0 Å². The summed E-state index contributed by atoms with van der Waals surface area (Å²) in [5.74, 6) is 0.0366. The predicted molar refractivity (Wildman–Crippen MR) is 47.2 cm³/mol. The van der Waals surface area contributed by atoms with Gasteiger partial charge in [0.25, 0.3) is 0 Å². The molecule has 2 radical (unpaired) electrons. The van der Waals surface area contributed by atoms with Crippen molar-refractivity contribution < 1.29 is 9.53 Å². The molecule has 0 aliphatic carbocycles. The third-order valence-corrected chi connectivity index (χ3v) is 2.23. The van der Waals surface area contributed by atoms with E-state index in [1.165, 1.54) is 0 Å². The second-order valence-electron chi connectivity index (χ2n) is 3.04. The number of ether oxygens (including phenoxy) is 1. The summed E-state index contributed by atoms with van der Waals surface area (Å²) >= 11 is 0. The molecule has 1 fully saturated rings. The van der Waals surface area contributed by atoms with Crippen molar-refractivity contribution in [1.82, 2.24) is 4.90 Å². The Bertz CT molecular complexity index is 163. The Morgan fingerprint density at radius 2 is 2.50 bits per heavy atom. The Morgan fingerprint density at radius 3 is 3.08 bits per heavy atom. The molecule has 0 bridgehead atoms. The fourth-order valence-electron chi connectivity index (χ4n) is 1.65. The minimum Gasteiger partial charge on any atom is -0.383 e. The Labute approximate surface area is 74.5 Å². The average Bonchev–Trinajstić information content (AvgIpc) is 2.52. The molecule has 1 aliphatic rings. The normalized spacial score (nSPS) is 23.1. The largest absolute Gasteiger partial charge is 0.383 e. The van der Waals surface area contributed by atoms with E-state index in [9.17, 15) is 4.79 Å². The van der Waals surface area contributed by atoms with E-state index in [1.54, 1.807) is 7.11 Å². The van der Waals surface area contributed by atoms with E-state index in [4.69, 9.17) is 12.6 Å². The molecule has 0 N–H and O–H groups in total. The van der Waals surface area contributed by atoms with Gasteiger partial charge in [0.1, 0.15) is 0 Å². The van der Waals surface area contributed by atoms with Gasteiger partial charge < -0.3 is 9.64 Å². The van der Waals surface area contributed by atoms with Crippen molar-refractivity contribution in [1.29, 1.82) is 0 Å². The molecule has 0 saturated carbocycles. The Morgan fingerprint density at radius 1 is 1.75 bits per heavy atom. The van der Waals surface area contributed by atoms with Gasteiger partial charge >= 0.3 is 0 Å². The number of carbonyl (C=O) groups is 1. The van der Waals surface area contributed by atoms with Gasteiger partial charge in [-0.25, -0.2) is 0 Å². The van der Waals surface area contributed by atoms with Gasteiger partial charge in [0.05, 0.1) is 20.5 Å². The molecule has 4 heteroatoms. The van der Waals surface area contributed by atoms with Crippen LogP contribution in [0.15, 0.2) is 0 Å². The highest BCUT2D eigenvalue weighted by Gasteiger charge is 2.26. The molecule has 0 aromatic heterocycles. The highest BCUT2D eigenvalue weighted by molar-refractivity contribution is 6.19. The van der Waals surface area contributed by atoms with Crippen LogP contribution in [0.25, 0.3) is 0 Å². The Kier molecular flexibility index (Phi) is 3.60. The summed E-state index contributed by atoms with van der Waals surface area (Å²) in [6.45, 7) is 1.47. The maximum Gasteiger partial charge on any atom is 0.214 e. The smallest absolute Gasteiger partial charge is 0.214 e. The molecule has 1 heterocycles. The zero-order valence-corrected chi connectivity index (χ0v) is 7.45. The predicted octanol–water partition coefficient (Wildman–Crippen LogP) is 0.211. The number of likely N-dealkylation sites (tertiary alicyclic amines) is 1. The molecule has 0 aromatic carbocycles. The summed E-state index contributed by atoms with van der Waals surface area (Å²) < 4.78 is 5.02. The van der Waals surface area contributed by atoms with Crippen LogP contribution in [0.5, 0.6) is 0 Å². The van der Waals surface area contributed by atoms with Crippen molar-refractivity contribution >= 4 is 13.8 Å². The molecule has 1 atom stereocenters. The summed E-state index contributed by atoms with van der Waals surface area (Å²) in [5, 5.41) is 0. The minimum absolute atomic E-state index is 0.0366. The quantitative estimate of drug-likeness (QED) is 0.562. The van der Waals surface area contributed by atoms with E-state index >= 15 is 0 Å². The van der Waals surface area contributed by atoms with E-state index in [0.717, 1.165) is 19.4 Å². The molecule has 1 saturated heterocycles. The fourth-order valence-corrected chi connectivity index (χ4v) is 1.65. The number of amides is 1. The van der Waals surface area contributed by atoms with Gasteiger partial charge in [-0.05, 0) is 19.2 Å². The minimum atomic E-state index is 0.0366. The Hall–Kier alpha value is -0.505. The van der Waals surface area contributed by atoms with Crippen LogP contribution in [0.2, 0.25) is 6.32 Å². The van der Waals surface area contributed by atoms with E-state index in [-0.39, 0.29) is 18.3 Å². The molecule has 3 nitrogen and oxygen atoms in total. The van der Waals surface area contributed by atoms with Gasteiger partial charge in [-0.1, -0.05) is 0 Å². The molecular formula is C8H14BNO2. The first kappa shape index (κ1) is 9.58. The monoisotopic (exact) mass is 167 g/mol. The van der Waals surface area contributed by atoms with Crippen LogP contribution in [0.1, 0.15) is 12.8 Å². The maximum absolute atomic E-state index is 11.2. The summed E-state index contributed by atoms with van der Waals surface area (Å²) in [6, 6.07) is 0.256. The number of nitrogens with zero attached hydrogens (tertiary/aromatic N) is 1. The lowest BCUT2D eigenvalue weighted by Gasteiger charge is -2.23. The van der Waals surface area contributed by atoms with E-state index < -0.39 is 0 Å². The number of hydrogen-bond acceptors (Lipinski definition) is 2. The van der Waals surface area contributed by atoms with Gasteiger partial charge in [0.15, 0.2) is 0 Å². The van der Waals surface area contributed by atoms with Crippen LogP contribution in [-0.4, -0.2) is 45.0 Å². The lowest BCUT2D eigenvalue weighted by atomic mass is 10.0. The molecule has 66 valence electrons. The van der Waals surface area contributed by atoms with Gasteiger partial charge in [-0.3, -0.25) is 4.79 Å². The first-order chi connectivity index (χ1) is 5.79. The van der Waals surface area contributed by atoms with E-state index in [2.05, 4.69) is 0 Å². The SMILES string of the molecule is [B]CC(=O)N1CCCC1COC. The average molecular weight is 167 g/mol. The van der Waals surface area contributed by atoms with Crippen molar-refractivity contribution in [3.8, 4) is 0 Å². The second kappa shape index (κ2) is 4.50. The number of carbonyl (C=O) groups excluding carboxylic acids is 1. The third kappa shape index (κ3) is 2.00. The number of hydrogen-bond donors (Lipinski definition) is 0. The van der Waals surface area contributed by atoms with Crippen molar-refractivity contribution in [2.75, 3.05) is 20.3 Å². The molecule has 1 aliphatic heterocycles. The summed E-state index contributed by atoms with van der Waals surface area (Å²) in [7, 11) is 6.93. The van der Waals surface area contributed by atoms with Crippen molar-refractivity contribution in [3.63, 3.8) is 0 Å². The highest BCUT2D eigenvalue weighted by Crippen LogP contribution is 2.17. The zero-order valence-electron chi connectivity index (χ0n) is 7.45. The van der Waals surface area contributed by atoms with Gasteiger partial charge in [0.2, 0.25) is 5.91 Å². The number of methoxy groups -OCH3 is 1. The maximum atomic E-state index is 11.2. The summed E-state index contributed by atoms with van der Waals surface area (Å²) in [6.07, 6.45) is 2.22. The topological polar surface area (TPSA) is 29.5 Å². The van der Waals surface area contributed by atoms with Crippen LogP contribution in [0.4, 0.5) is 0 Å². The zero-order chi connectivity index (χ0) is 8.97. The van der Waals surface area contributed by atoms with Gasteiger partial charge in [0, 0.05) is 13.7 Å². The molecule has 0 spiro atoms. The molecule has 0 aromatic rings. The first-order valence-electron chi connectivity index (χ1n) is 4.28. The number of rotatable bonds is 3. The van der Waals surface area contributed by atoms with E-state index in [0.29, 0.717) is 6.61 Å². The fraction of sp³-hybridized carbons (Fsp3) is 0.875. The molecule has 1 unspecified atom stereocenters. The van der Waals surface area contributed by atoms with Crippen LogP contribution in [0.3, 0.4) is 0 Å². The molecule has 12 heavy (non-hydrogen) atoms.